The second-order valence-electron chi connectivity index (χ2n) is 15.2. The minimum absolute atomic E-state index is 0.0529. The summed E-state index contributed by atoms with van der Waals surface area (Å²) in [6.07, 6.45) is 41.4. The van der Waals surface area contributed by atoms with Crippen molar-refractivity contribution in [3.8, 4) is 0 Å². The number of rotatable bonds is 37. The lowest BCUT2D eigenvalue weighted by Gasteiger charge is -2.31. The summed E-state index contributed by atoms with van der Waals surface area (Å²) < 4.78 is 17.2. The van der Waals surface area contributed by atoms with Crippen molar-refractivity contribution in [1.29, 1.82) is 0 Å². The summed E-state index contributed by atoms with van der Waals surface area (Å²) in [5.41, 5.74) is 0. The smallest absolute Gasteiger partial charge is 0.362 e. The maximum atomic E-state index is 12.7. The molecule has 0 fully saturated rings. The van der Waals surface area contributed by atoms with Crippen molar-refractivity contribution in [2.75, 3.05) is 41.0 Å². The first-order valence-electron chi connectivity index (χ1n) is 21.2. The molecule has 2 atom stereocenters. The molecule has 306 valence electrons. The lowest BCUT2D eigenvalue weighted by molar-refractivity contribution is -0.887. The molecule has 0 rings (SSSR count). The first-order valence-corrected chi connectivity index (χ1v) is 21.2. The van der Waals surface area contributed by atoms with Gasteiger partial charge >= 0.3 is 17.9 Å². The Labute approximate surface area is 325 Å². The molecule has 0 saturated heterocycles. The van der Waals surface area contributed by atoms with Gasteiger partial charge in [0.15, 0.2) is 12.1 Å². The van der Waals surface area contributed by atoms with Gasteiger partial charge in [-0.15, -0.1) is 0 Å². The van der Waals surface area contributed by atoms with E-state index >= 15 is 0 Å². The van der Waals surface area contributed by atoms with Gasteiger partial charge < -0.3 is 23.8 Å². The van der Waals surface area contributed by atoms with Crippen molar-refractivity contribution in [2.45, 2.75) is 180 Å². The van der Waals surface area contributed by atoms with E-state index in [2.05, 4.69) is 62.5 Å². The quantitative estimate of drug-likeness (QED) is 0.0222. The van der Waals surface area contributed by atoms with E-state index in [0.717, 1.165) is 77.0 Å². The van der Waals surface area contributed by atoms with Crippen molar-refractivity contribution in [2.24, 2.45) is 0 Å². The molecule has 0 saturated carbocycles. The molecule has 0 aliphatic heterocycles. The number of quaternary nitrogens is 1. The number of aliphatic carboxylic acids is 1. The molecule has 0 radical (unpaired) electrons. The van der Waals surface area contributed by atoms with E-state index in [-0.39, 0.29) is 36.2 Å². The van der Waals surface area contributed by atoms with Gasteiger partial charge in [-0.2, -0.15) is 0 Å². The fourth-order valence-electron chi connectivity index (χ4n) is 5.94. The van der Waals surface area contributed by atoms with E-state index in [1.807, 2.05) is 21.1 Å². The summed E-state index contributed by atoms with van der Waals surface area (Å²) in [6, 6.07) is -0.618. The monoisotopic (exact) mass is 747 g/mol. The zero-order chi connectivity index (χ0) is 39.3. The number of likely N-dealkylation sites (N-methyl/N-ethyl adjacent to an activating group) is 1. The molecule has 0 bridgehead atoms. The minimum Gasteiger partial charge on any atom is -0.477 e. The first kappa shape index (κ1) is 50.3. The number of esters is 2. The van der Waals surface area contributed by atoms with Crippen LogP contribution in [0.5, 0.6) is 0 Å². The van der Waals surface area contributed by atoms with Crippen LogP contribution in [0.15, 0.2) is 48.6 Å². The van der Waals surface area contributed by atoms with Crippen LogP contribution < -0.4 is 0 Å². The summed E-state index contributed by atoms with van der Waals surface area (Å²) in [6.45, 7) is 4.57. The van der Waals surface area contributed by atoms with Crippen LogP contribution in [0.25, 0.3) is 0 Å². The third-order valence-electron chi connectivity index (χ3n) is 9.24. The molecule has 8 nitrogen and oxygen atoms in total. The molecule has 2 unspecified atom stereocenters. The Kier molecular flexibility index (Phi) is 34.4. The lowest BCUT2D eigenvalue weighted by Crippen LogP contribution is -2.50. The number of carbonyl (C=O) groups is 3. The number of allylic oxidation sites excluding steroid dienone is 8. The summed E-state index contributed by atoms with van der Waals surface area (Å²) in [5.74, 6) is -1.50. The Morgan fingerprint density at radius 1 is 0.604 bits per heavy atom. The van der Waals surface area contributed by atoms with Crippen molar-refractivity contribution >= 4 is 17.9 Å². The molecule has 53 heavy (non-hydrogen) atoms. The molecule has 0 aliphatic carbocycles. The van der Waals surface area contributed by atoms with Gasteiger partial charge in [0.2, 0.25) is 0 Å². The fraction of sp³-hybridized carbons (Fsp3) is 0.756. The van der Waals surface area contributed by atoms with E-state index in [0.29, 0.717) is 19.3 Å². The largest absolute Gasteiger partial charge is 0.477 e. The highest BCUT2D eigenvalue weighted by Gasteiger charge is 2.31. The zero-order valence-electron chi connectivity index (χ0n) is 34.7. The Balaban J connectivity index is 4.40. The van der Waals surface area contributed by atoms with Crippen LogP contribution >= 0.6 is 0 Å². The van der Waals surface area contributed by atoms with Crippen LogP contribution in [0, 0.1) is 0 Å². The van der Waals surface area contributed by atoms with Crippen LogP contribution in [0.1, 0.15) is 168 Å². The van der Waals surface area contributed by atoms with E-state index in [9.17, 15) is 19.5 Å². The van der Waals surface area contributed by atoms with Crippen molar-refractivity contribution in [1.82, 2.24) is 0 Å². The van der Waals surface area contributed by atoms with Gasteiger partial charge in [0.25, 0.3) is 0 Å². The molecule has 0 amide bonds. The summed E-state index contributed by atoms with van der Waals surface area (Å²) in [5, 5.41) is 9.60. The van der Waals surface area contributed by atoms with Crippen LogP contribution in [0.2, 0.25) is 0 Å². The fourth-order valence-corrected chi connectivity index (χ4v) is 5.94. The summed E-state index contributed by atoms with van der Waals surface area (Å²) in [7, 11) is 5.51. The highest BCUT2D eigenvalue weighted by Crippen LogP contribution is 2.13. The average Bonchev–Trinajstić information content (AvgIpc) is 3.11. The number of hydrogen-bond donors (Lipinski definition) is 1. The number of unbranched alkanes of at least 4 members (excludes halogenated alkanes) is 16. The highest BCUT2D eigenvalue weighted by atomic mass is 16.6. The molecule has 1 N–H and O–H groups in total. The molecule has 0 aromatic heterocycles. The third kappa shape index (κ3) is 34.8. The van der Waals surface area contributed by atoms with Gasteiger partial charge in [0.1, 0.15) is 6.61 Å². The number of ether oxygens (including phenoxy) is 3. The van der Waals surface area contributed by atoms with Gasteiger partial charge in [0, 0.05) is 19.3 Å². The van der Waals surface area contributed by atoms with Crippen LogP contribution in [-0.4, -0.2) is 80.6 Å². The van der Waals surface area contributed by atoms with Crippen LogP contribution in [-0.2, 0) is 28.6 Å². The number of nitrogens with zero attached hydrogens (tertiary/aromatic N) is 1. The van der Waals surface area contributed by atoms with E-state index in [1.54, 1.807) is 0 Å². The minimum atomic E-state index is -0.880. The molecule has 0 aromatic carbocycles. The Morgan fingerprint density at radius 3 is 1.66 bits per heavy atom. The first-order chi connectivity index (χ1) is 25.6. The Morgan fingerprint density at radius 2 is 1.11 bits per heavy atom. The maximum absolute atomic E-state index is 12.7. The number of hydrogen-bond acceptors (Lipinski definition) is 6. The van der Waals surface area contributed by atoms with Crippen LogP contribution in [0.4, 0.5) is 0 Å². The van der Waals surface area contributed by atoms with E-state index in [1.165, 1.54) is 57.8 Å². The number of carbonyl (C=O) groups excluding carboxylic acids is 2. The van der Waals surface area contributed by atoms with Crippen LogP contribution in [0.3, 0.4) is 0 Å². The molecule has 0 heterocycles. The maximum Gasteiger partial charge on any atom is 0.362 e. The third-order valence-corrected chi connectivity index (χ3v) is 9.24. The SMILES string of the molecule is CC/C=C/C/C=C/CCCCCCCCCC(=O)OCC(COCCC(C(=O)O)[N+](C)(C)C)OC(=O)CCCCCCCC/C=C/C=C/CCCCC. The second kappa shape index (κ2) is 36.3. The van der Waals surface area contributed by atoms with Gasteiger partial charge in [-0.1, -0.05) is 133 Å². The van der Waals surface area contributed by atoms with Crippen molar-refractivity contribution < 1.29 is 38.2 Å². The molecule has 0 aromatic rings. The van der Waals surface area contributed by atoms with Crippen molar-refractivity contribution in [3.05, 3.63) is 48.6 Å². The second-order valence-corrected chi connectivity index (χ2v) is 15.2. The average molecular weight is 747 g/mol. The molecular weight excluding hydrogens is 666 g/mol. The van der Waals surface area contributed by atoms with Gasteiger partial charge in [-0.25, -0.2) is 4.79 Å². The van der Waals surface area contributed by atoms with E-state index < -0.39 is 18.1 Å². The molecular formula is C45H80NO7+. The molecule has 0 spiro atoms. The number of carboxylic acids is 1. The Bertz CT molecular complexity index is 1010. The zero-order valence-corrected chi connectivity index (χ0v) is 34.7. The summed E-state index contributed by atoms with van der Waals surface area (Å²) >= 11 is 0. The standard InChI is InChI=1S/C45H79NO7/c1-6-8-10-12-14-16-18-20-22-24-26-28-30-32-34-36-44(48)53-41(39-51-38-37-42(45(49)50)46(3,4)5)40-52-43(47)35-33-31-29-27-25-23-21-19-17-15-13-11-9-7-2/h9,11,14-18,20,41-42H,6-8,10,12-13,19,21-40H2,1-5H3/p+1/b11-9+,16-14+,17-15+,20-18+. The Hall–Kier alpha value is -2.71. The van der Waals surface area contributed by atoms with Gasteiger partial charge in [0.05, 0.1) is 34.4 Å². The molecule has 0 aliphatic rings. The predicted molar refractivity (Wildman–Crippen MR) is 220 cm³/mol. The lowest BCUT2D eigenvalue weighted by atomic mass is 10.1. The van der Waals surface area contributed by atoms with Crippen molar-refractivity contribution in [3.63, 3.8) is 0 Å². The molecule has 8 heteroatoms. The highest BCUT2D eigenvalue weighted by molar-refractivity contribution is 5.72. The number of carboxylic acid groups (broad SMARTS) is 1. The normalized spacial score (nSPS) is 13.5. The van der Waals surface area contributed by atoms with Gasteiger partial charge in [-0.3, -0.25) is 9.59 Å². The van der Waals surface area contributed by atoms with E-state index in [4.69, 9.17) is 14.2 Å². The van der Waals surface area contributed by atoms with Gasteiger partial charge in [-0.05, 0) is 64.2 Å². The topological polar surface area (TPSA) is 99.1 Å². The summed E-state index contributed by atoms with van der Waals surface area (Å²) in [4.78, 5) is 36.9. The predicted octanol–water partition coefficient (Wildman–Crippen LogP) is 11.2.